The largest absolute Gasteiger partial charge is 0.444 e. The van der Waals surface area contributed by atoms with E-state index in [1.54, 1.807) is 104 Å². The first kappa shape index (κ1) is 94.4. The number of ether oxygens (including phenoxy) is 2. The number of pyridine rings is 4. The van der Waals surface area contributed by atoms with E-state index in [9.17, 15) is 58.8 Å². The number of benzene rings is 9. The van der Waals surface area contributed by atoms with Crippen LogP contribution in [-0.2, 0) is 29.1 Å². The van der Waals surface area contributed by atoms with E-state index in [0.717, 1.165) is 34.8 Å². The number of nitrogens with two attached hydrogens (primary N) is 1. The van der Waals surface area contributed by atoms with Gasteiger partial charge in [0.2, 0.25) is 0 Å². The van der Waals surface area contributed by atoms with Gasteiger partial charge in [0.05, 0.1) is 113 Å². The first-order valence-electron chi connectivity index (χ1n) is 40.8. The molecule has 32 heteroatoms. The molecule has 5 aromatic heterocycles. The molecule has 4 amide bonds. The van der Waals surface area contributed by atoms with Gasteiger partial charge in [0.1, 0.15) is 83.7 Å². The maximum atomic E-state index is 14.3. The Hall–Kier alpha value is -13.7. The molecule has 0 fully saturated rings. The maximum absolute atomic E-state index is 14.3. The Kier molecular flexibility index (Phi) is 29.3. The number of anilines is 4. The van der Waals surface area contributed by atoms with Crippen LogP contribution in [0.5, 0.6) is 0 Å². The Bertz CT molecular complexity index is 6850. The number of halogens is 6. The van der Waals surface area contributed by atoms with E-state index in [2.05, 4.69) is 41.5 Å². The molecule has 0 radical (unpaired) electrons. The lowest BCUT2D eigenvalue weighted by atomic mass is 9.95. The molecule has 6 heterocycles. The number of sulfone groups is 2. The van der Waals surface area contributed by atoms with Gasteiger partial charge < -0.3 is 41.8 Å². The second kappa shape index (κ2) is 40.1. The summed E-state index contributed by atoms with van der Waals surface area (Å²) in [6.45, 7) is 18.2. The van der Waals surface area contributed by atoms with Crippen molar-refractivity contribution in [2.45, 2.75) is 105 Å². The van der Waals surface area contributed by atoms with Crippen LogP contribution in [0.15, 0.2) is 225 Å². The van der Waals surface area contributed by atoms with Gasteiger partial charge in [-0.05, 0) is 176 Å². The number of nitriles is 1. The van der Waals surface area contributed by atoms with Gasteiger partial charge in [0, 0.05) is 69.4 Å². The van der Waals surface area contributed by atoms with Crippen molar-refractivity contribution >= 4 is 133 Å². The number of carbonyl (C=O) groups excluding carboxylic acids is 4. The summed E-state index contributed by atoms with van der Waals surface area (Å²) in [5.41, 5.74) is 16.5. The minimum absolute atomic E-state index is 0.0514. The highest BCUT2D eigenvalue weighted by Crippen LogP contribution is 2.46. The van der Waals surface area contributed by atoms with Gasteiger partial charge >= 0.3 is 12.2 Å². The molecule has 4 atom stereocenters. The molecule has 4 unspecified atom stereocenters. The van der Waals surface area contributed by atoms with Gasteiger partial charge in [-0.3, -0.25) is 14.5 Å². The molecule has 0 saturated heterocycles. The third-order valence-electron chi connectivity index (χ3n) is 20.2. The molecule has 1 aliphatic heterocycles. The number of nitrogens with one attached hydrogen (secondary N) is 5. The lowest BCUT2D eigenvalue weighted by Gasteiger charge is -2.25. The van der Waals surface area contributed by atoms with Crippen molar-refractivity contribution in [1.29, 1.82) is 5.26 Å². The molecule has 9 aromatic carbocycles. The van der Waals surface area contributed by atoms with Gasteiger partial charge in [-0.25, -0.2) is 73.9 Å². The number of carbonyl (C=O) groups is 4. The Balaban J connectivity index is 0.000000156. The first-order chi connectivity index (χ1) is 61.1. The number of imide groups is 1. The molecule has 664 valence electrons. The molecule has 0 aliphatic carbocycles. The highest BCUT2D eigenvalue weighted by Gasteiger charge is 2.41. The predicted octanol–water partition coefficient (Wildman–Crippen LogP) is 21.3. The van der Waals surface area contributed by atoms with Crippen LogP contribution in [-0.4, -0.2) is 124 Å². The second-order valence-electron chi connectivity index (χ2n) is 32.5. The minimum Gasteiger partial charge on any atom is -0.444 e. The first-order valence-corrected chi connectivity index (χ1v) is 45.6. The van der Waals surface area contributed by atoms with E-state index >= 15 is 0 Å². The Morgan fingerprint density at radius 1 is 0.465 bits per heavy atom. The monoisotopic (exact) mass is 1820 g/mol. The van der Waals surface area contributed by atoms with Gasteiger partial charge in [-0.15, -0.1) is 0 Å². The number of rotatable bonds is 21. The van der Waals surface area contributed by atoms with Crippen molar-refractivity contribution < 1.29 is 63.0 Å². The highest BCUT2D eigenvalue weighted by atomic mass is 35.5. The van der Waals surface area contributed by atoms with Crippen molar-refractivity contribution in [3.8, 4) is 50.6 Å². The van der Waals surface area contributed by atoms with E-state index in [0.29, 0.717) is 121 Å². The lowest BCUT2D eigenvalue weighted by Crippen LogP contribution is -2.34. The fourth-order valence-electron chi connectivity index (χ4n) is 14.5. The zero-order valence-electron chi connectivity index (χ0n) is 72.3. The lowest BCUT2D eigenvalue weighted by molar-refractivity contribution is 0.0495. The van der Waals surface area contributed by atoms with Crippen LogP contribution in [0.3, 0.4) is 0 Å². The van der Waals surface area contributed by atoms with Crippen molar-refractivity contribution in [3.05, 3.63) is 297 Å². The van der Waals surface area contributed by atoms with E-state index < -0.39 is 84.7 Å². The molecule has 15 rings (SSSR count). The van der Waals surface area contributed by atoms with E-state index in [4.69, 9.17) is 53.4 Å². The summed E-state index contributed by atoms with van der Waals surface area (Å²) in [4.78, 5) is 79.1. The van der Waals surface area contributed by atoms with Gasteiger partial charge in [0.25, 0.3) is 11.8 Å². The van der Waals surface area contributed by atoms with Crippen molar-refractivity contribution in [2.24, 2.45) is 0 Å². The molecule has 0 bridgehead atoms. The number of fused-ring (bicyclic) bond motifs is 5. The maximum Gasteiger partial charge on any atom is 0.408 e. The van der Waals surface area contributed by atoms with Crippen molar-refractivity contribution in [1.82, 2.24) is 45.4 Å². The molecule has 129 heavy (non-hydrogen) atoms. The summed E-state index contributed by atoms with van der Waals surface area (Å²) >= 11 is 13.5. The molecule has 0 saturated carbocycles. The topological polar surface area (TPSA) is 346 Å². The average Bonchev–Trinajstić information content (AvgIpc) is 1.70. The molecule has 7 N–H and O–H groups in total. The van der Waals surface area contributed by atoms with Crippen LogP contribution in [0.4, 0.5) is 50.2 Å². The van der Waals surface area contributed by atoms with Crippen LogP contribution >= 0.6 is 23.2 Å². The van der Waals surface area contributed by atoms with Gasteiger partial charge in [-0.2, -0.15) is 5.26 Å². The summed E-state index contributed by atoms with van der Waals surface area (Å²) in [5, 5.41) is 27.5. The Morgan fingerprint density at radius 3 is 1.14 bits per heavy atom. The van der Waals surface area contributed by atoms with E-state index in [1.807, 2.05) is 141 Å². The standard InChI is InChI=1S/C25H16ClFN2O2.C25H24FN7O2S.C25H30FN3O4S.C22H22ClFN2O2/c1-14(29-24(30)17-9-5-6-10-18(17)25(29)31)23-21(15-7-3-2-4-8-15)22(26)19-13-16(27)11-12-20(19)28-23;1-15(32-25-19(13-27)24(28)30-14-31-25)22-21(16-6-4-3-5-7-16)23(29-10-11-36(2,34)35)18-12-17(26)8-9-20(18)33-22;1-16(28-24(30)33-25(2,3)4)22-21(17-9-7-6-8-10-17)23(27-13-14-34(5,31)32)19-15-18(26)11-12-20(19)29-22;1-13(25-21(27)28-22(2,3)4)20-18(14-8-6-5-7-9-14)19(23)16-12-15(24)10-11-17(16)26-20/h2-14H,1H3;3-9,12,14-15H,10-11H2,1-2H3,(H,29,33)(H3,28,30,31,32);6-12,15-16H,13-14H2,1-5H3,(H,27,29)(H,28,30);5-13H,1-4H3,(H,25,27). The summed E-state index contributed by atoms with van der Waals surface area (Å²) in [7, 11) is -6.45. The number of nitrogen functional groups attached to an aromatic ring is 1. The molecule has 1 aliphatic rings. The third kappa shape index (κ3) is 23.2. The zero-order valence-corrected chi connectivity index (χ0v) is 75.5. The number of amides is 4. The summed E-state index contributed by atoms with van der Waals surface area (Å²) in [6.07, 6.45) is 2.45. The van der Waals surface area contributed by atoms with E-state index in [-0.39, 0.29) is 59.4 Å². The molecule has 0 spiro atoms. The number of hydrogen-bond donors (Lipinski definition) is 6. The molecular formula is C97H92Cl2F4N14O10S2. The highest BCUT2D eigenvalue weighted by molar-refractivity contribution is 7.90. The normalized spacial score (nSPS) is 13.0. The van der Waals surface area contributed by atoms with Crippen LogP contribution in [0.1, 0.15) is 142 Å². The second-order valence-corrected chi connectivity index (χ2v) is 37.8. The summed E-state index contributed by atoms with van der Waals surface area (Å²) in [5.74, 6) is -2.32. The number of aromatic nitrogens is 6. The van der Waals surface area contributed by atoms with Crippen LogP contribution < -0.4 is 32.3 Å². The number of nitrogens with zero attached hydrogens (tertiary/aromatic N) is 8. The summed E-state index contributed by atoms with van der Waals surface area (Å²) < 4.78 is 114. The minimum atomic E-state index is -3.23. The zero-order chi connectivity index (χ0) is 93.1. The quantitative estimate of drug-likeness (QED) is 0.0287. The average molecular weight is 1820 g/mol. The Labute approximate surface area is 753 Å². The van der Waals surface area contributed by atoms with Crippen molar-refractivity contribution in [3.63, 3.8) is 0 Å². The van der Waals surface area contributed by atoms with Crippen molar-refractivity contribution in [2.75, 3.05) is 58.8 Å². The molecule has 24 nitrogen and oxygen atoms in total. The smallest absolute Gasteiger partial charge is 0.408 e. The van der Waals surface area contributed by atoms with Crippen LogP contribution in [0.25, 0.3) is 88.1 Å². The predicted molar refractivity (Wildman–Crippen MR) is 499 cm³/mol. The third-order valence-corrected chi connectivity index (χ3v) is 22.9. The molecule has 14 aromatic rings. The fourth-order valence-corrected chi connectivity index (χ4v) is 16.2. The van der Waals surface area contributed by atoms with E-state index in [1.165, 1.54) is 59.8 Å². The van der Waals surface area contributed by atoms with Gasteiger partial charge in [0.15, 0.2) is 0 Å². The number of hydrogen-bond acceptors (Lipinski definition) is 21. The van der Waals surface area contributed by atoms with Crippen LogP contribution in [0, 0.1) is 34.6 Å². The number of alkyl carbamates (subject to hydrolysis) is 2. The fraction of sp³-hybridized carbons (Fsp3) is 0.227. The summed E-state index contributed by atoms with van der Waals surface area (Å²) in [6, 6.07) is 61.1. The van der Waals surface area contributed by atoms with Gasteiger partial charge in [-0.1, -0.05) is 157 Å². The van der Waals surface area contributed by atoms with Crippen LogP contribution in [0.2, 0.25) is 10.0 Å². The Morgan fingerprint density at radius 2 is 0.783 bits per heavy atom. The SMILES string of the molecule is CC(NC(=O)OC(C)(C)C)c1nc2ccc(F)cc2c(Cl)c1-c1ccccc1.CC(NC(=O)OC(C)(C)C)c1nc2ccc(F)cc2c(NCCS(C)(=O)=O)c1-c1ccccc1.CC(Nc1ncnc(N)c1C#N)c1nc2ccc(F)cc2c(NCCS(C)(=O)=O)c1-c1ccccc1.CC(c1nc2ccc(F)cc2c(Cl)c1-c1ccccc1)N1C(=O)c2ccccc2C1=O. The molecular weight excluding hydrogens is 1730 g/mol.